The third-order valence-electron chi connectivity index (χ3n) is 5.79. The van der Waals surface area contributed by atoms with Gasteiger partial charge in [-0.1, -0.05) is 48.7 Å². The molecule has 3 aromatic heterocycles. The van der Waals surface area contributed by atoms with Crippen LogP contribution in [0.15, 0.2) is 21.7 Å². The van der Waals surface area contributed by atoms with Crippen LogP contribution < -0.4 is 0 Å². The van der Waals surface area contributed by atoms with Crippen LogP contribution in [0.2, 0.25) is 0 Å². The van der Waals surface area contributed by atoms with Crippen molar-refractivity contribution in [3.05, 3.63) is 45.0 Å². The van der Waals surface area contributed by atoms with Crippen LogP contribution >= 0.6 is 34.0 Å². The monoisotopic (exact) mass is 456 g/mol. The lowest BCUT2D eigenvalue weighted by atomic mass is 9.70. The number of aliphatic imine (C=N–C) groups is 2. The zero-order valence-electron chi connectivity index (χ0n) is 16.1. The number of amidine groups is 2. The first-order valence-corrected chi connectivity index (χ1v) is 12.0. The fourth-order valence-corrected chi connectivity index (χ4v) is 8.82. The molecular formula is C22H12N6S3. The third-order valence-corrected chi connectivity index (χ3v) is 9.54. The molecule has 3 aromatic rings. The molecule has 0 saturated heterocycles. The number of nitrogens with zero attached hydrogens (tertiary/aromatic N) is 6. The largest absolute Gasteiger partial charge is 0.351 e. The highest BCUT2D eigenvalue weighted by atomic mass is 32.1. The summed E-state index contributed by atoms with van der Waals surface area (Å²) >= 11 is 4.95. The summed E-state index contributed by atoms with van der Waals surface area (Å²) in [6.45, 7) is 14.3. The predicted octanol–water partition coefficient (Wildman–Crippen LogP) is 7.05. The summed E-state index contributed by atoms with van der Waals surface area (Å²) in [5.74, 6) is -0.260. The molecule has 1 spiro atoms. The van der Waals surface area contributed by atoms with E-state index >= 15 is 0 Å². The number of nitriles is 2. The lowest BCUT2D eigenvalue weighted by molar-refractivity contribution is 0.346. The molecular weight excluding hydrogens is 444 g/mol. The van der Waals surface area contributed by atoms with E-state index in [9.17, 15) is 5.26 Å². The molecule has 0 radical (unpaired) electrons. The zero-order valence-corrected chi connectivity index (χ0v) is 18.5. The smallest absolute Gasteiger partial charge is 0.350 e. The molecule has 1 fully saturated rings. The van der Waals surface area contributed by atoms with Crippen LogP contribution in [0, 0.1) is 35.8 Å². The normalized spacial score (nSPS) is 17.7. The van der Waals surface area contributed by atoms with Gasteiger partial charge in [0.15, 0.2) is 0 Å². The van der Waals surface area contributed by atoms with E-state index in [4.69, 9.17) is 18.4 Å². The Kier molecular flexibility index (Phi) is 4.69. The van der Waals surface area contributed by atoms with Crippen molar-refractivity contribution in [2.75, 3.05) is 0 Å². The number of fused-ring (bicyclic) bond motifs is 6. The lowest BCUT2D eigenvalue weighted by Gasteiger charge is -2.33. The van der Waals surface area contributed by atoms with Crippen molar-refractivity contribution >= 4 is 75.6 Å². The van der Waals surface area contributed by atoms with Gasteiger partial charge in [-0.15, -0.1) is 27.7 Å². The second-order valence-electron chi connectivity index (χ2n) is 7.37. The maximum Gasteiger partial charge on any atom is 0.350 e. The Labute approximate surface area is 190 Å². The fourth-order valence-electron chi connectivity index (χ4n) is 4.56. The van der Waals surface area contributed by atoms with Crippen molar-refractivity contribution in [2.24, 2.45) is 9.98 Å². The summed E-state index contributed by atoms with van der Waals surface area (Å²) in [5, 5.41) is 18.9. The second-order valence-corrected chi connectivity index (χ2v) is 10.5. The van der Waals surface area contributed by atoms with Crippen LogP contribution in [-0.4, -0.2) is 11.7 Å². The number of rotatable bonds is 2. The van der Waals surface area contributed by atoms with Gasteiger partial charge in [0, 0.05) is 22.6 Å². The Morgan fingerprint density at radius 1 is 0.935 bits per heavy atom. The van der Waals surface area contributed by atoms with E-state index in [1.54, 1.807) is 22.7 Å². The van der Waals surface area contributed by atoms with Gasteiger partial charge in [-0.2, -0.15) is 0 Å². The van der Waals surface area contributed by atoms with E-state index in [2.05, 4.69) is 25.8 Å². The van der Waals surface area contributed by atoms with Crippen LogP contribution in [0.1, 0.15) is 42.5 Å². The standard InChI is InChI=1S/C22H12N6S3/c1-25-15(10-23)27-14-8-12-18(22(14)6-4-3-5-7-22)20-21(29-12)19-13(30-20)9-17(31-19)28-16(11-24)26-2/h8-9H,3-7H2. The first-order valence-electron chi connectivity index (χ1n) is 9.57. The van der Waals surface area contributed by atoms with Gasteiger partial charge in [0.05, 0.1) is 24.2 Å². The van der Waals surface area contributed by atoms with Gasteiger partial charge in [0.1, 0.15) is 17.8 Å². The third kappa shape index (κ3) is 2.91. The van der Waals surface area contributed by atoms with E-state index < -0.39 is 0 Å². The predicted molar refractivity (Wildman–Crippen MR) is 127 cm³/mol. The Balaban J connectivity index is 1.70. The van der Waals surface area contributed by atoms with Gasteiger partial charge in [-0.3, -0.25) is 0 Å². The minimum absolute atomic E-state index is 0.106. The summed E-state index contributed by atoms with van der Waals surface area (Å²) in [6.07, 6.45) is 7.45. The SMILES string of the molecule is [C-]#[N+]C(C#N)=NC1=Cc2sc3c(sc4cc(N=C(C#N)[N+]#[C-])sc43)c2C12CCCCC2. The number of hydrogen-bond donors (Lipinski definition) is 0. The Morgan fingerprint density at radius 2 is 1.65 bits per heavy atom. The van der Waals surface area contributed by atoms with Crippen molar-refractivity contribution in [1.29, 1.82) is 10.5 Å². The molecule has 6 nitrogen and oxygen atoms in total. The van der Waals surface area contributed by atoms with E-state index in [1.807, 2.05) is 18.2 Å². The molecule has 5 rings (SSSR count). The molecule has 148 valence electrons. The van der Waals surface area contributed by atoms with Crippen LogP contribution in [0.5, 0.6) is 0 Å². The molecule has 0 bridgehead atoms. The van der Waals surface area contributed by atoms with Gasteiger partial charge < -0.3 is 9.69 Å². The Bertz CT molecular complexity index is 1480. The minimum atomic E-state index is -0.218. The number of thiophene rings is 3. The fraction of sp³-hybridized carbons (Fsp3) is 0.273. The molecule has 0 aliphatic heterocycles. The summed E-state index contributed by atoms with van der Waals surface area (Å²) < 4.78 is 4.72. The van der Waals surface area contributed by atoms with Crippen molar-refractivity contribution in [3.8, 4) is 12.1 Å². The topological polar surface area (TPSA) is 81.0 Å². The maximum atomic E-state index is 9.24. The van der Waals surface area contributed by atoms with Crippen molar-refractivity contribution in [2.45, 2.75) is 37.5 Å². The van der Waals surface area contributed by atoms with Crippen molar-refractivity contribution < 1.29 is 0 Å². The quantitative estimate of drug-likeness (QED) is 0.235. The van der Waals surface area contributed by atoms with Crippen LogP contribution in [0.4, 0.5) is 5.00 Å². The molecule has 2 aliphatic rings. The van der Waals surface area contributed by atoms with E-state index in [0.717, 1.165) is 40.8 Å². The molecule has 0 atom stereocenters. The van der Waals surface area contributed by atoms with E-state index in [0.29, 0.717) is 5.00 Å². The van der Waals surface area contributed by atoms with Crippen LogP contribution in [0.3, 0.4) is 0 Å². The summed E-state index contributed by atoms with van der Waals surface area (Å²) in [4.78, 5) is 16.3. The van der Waals surface area contributed by atoms with Crippen LogP contribution in [-0.2, 0) is 5.41 Å². The maximum absolute atomic E-state index is 9.24. The van der Waals surface area contributed by atoms with Crippen LogP contribution in [0.25, 0.3) is 34.6 Å². The molecule has 0 N–H and O–H groups in total. The van der Waals surface area contributed by atoms with Gasteiger partial charge in [0.25, 0.3) is 0 Å². The van der Waals surface area contributed by atoms with Gasteiger partial charge in [0.2, 0.25) is 5.00 Å². The first-order chi connectivity index (χ1) is 15.1. The second kappa shape index (κ2) is 7.41. The number of allylic oxidation sites excluding steroid dienone is 1. The lowest BCUT2D eigenvalue weighted by Crippen LogP contribution is -2.28. The summed E-state index contributed by atoms with van der Waals surface area (Å²) in [6, 6.07) is 5.68. The van der Waals surface area contributed by atoms with Gasteiger partial charge >= 0.3 is 11.7 Å². The molecule has 0 aromatic carbocycles. The summed E-state index contributed by atoms with van der Waals surface area (Å²) in [5.41, 5.74) is 1.95. The highest BCUT2D eigenvalue weighted by Crippen LogP contribution is 2.59. The zero-order chi connectivity index (χ0) is 21.6. The Morgan fingerprint density at radius 3 is 2.32 bits per heavy atom. The molecule has 9 heteroatoms. The first kappa shape index (κ1) is 19.6. The molecule has 1 saturated carbocycles. The highest BCUT2D eigenvalue weighted by molar-refractivity contribution is 7.39. The molecule has 2 aliphatic carbocycles. The molecule has 0 unspecified atom stereocenters. The van der Waals surface area contributed by atoms with Crippen molar-refractivity contribution in [1.82, 2.24) is 0 Å². The van der Waals surface area contributed by atoms with Gasteiger partial charge in [-0.05, 0) is 12.8 Å². The average Bonchev–Trinajstić information content (AvgIpc) is 3.49. The Hall–Kier alpha value is -3.34. The minimum Gasteiger partial charge on any atom is -0.351 e. The molecule has 31 heavy (non-hydrogen) atoms. The average molecular weight is 457 g/mol. The van der Waals surface area contributed by atoms with Crippen molar-refractivity contribution in [3.63, 3.8) is 0 Å². The molecule has 0 amide bonds. The van der Waals surface area contributed by atoms with E-state index in [-0.39, 0.29) is 17.1 Å². The molecule has 3 heterocycles. The highest BCUT2D eigenvalue weighted by Gasteiger charge is 2.48. The summed E-state index contributed by atoms with van der Waals surface area (Å²) in [7, 11) is 0. The van der Waals surface area contributed by atoms with E-state index in [1.165, 1.54) is 37.6 Å². The van der Waals surface area contributed by atoms with Gasteiger partial charge in [-0.25, -0.2) is 10.5 Å². The number of hydrogen-bond acceptors (Lipinski definition) is 7.